The summed E-state index contributed by atoms with van der Waals surface area (Å²) in [6, 6.07) is 5.18. The van der Waals surface area contributed by atoms with E-state index in [1.807, 2.05) is 13.8 Å². The Labute approximate surface area is 119 Å². The van der Waals surface area contributed by atoms with Crippen molar-refractivity contribution in [3.8, 4) is 5.75 Å². The number of hydrogen-bond acceptors (Lipinski definition) is 3. The summed E-state index contributed by atoms with van der Waals surface area (Å²) in [5.74, 6) is 0.417. The first-order valence-electron chi connectivity index (χ1n) is 5.39. The molecule has 0 aliphatic rings. The average Bonchev–Trinajstić information content (AvgIpc) is 2.27. The second kappa shape index (κ2) is 7.38. The van der Waals surface area contributed by atoms with Crippen LogP contribution in [0.15, 0.2) is 27.8 Å². The molecule has 0 aliphatic carbocycles. The fourth-order valence-electron chi connectivity index (χ4n) is 1.03. The van der Waals surface area contributed by atoms with Gasteiger partial charge in [-0.1, -0.05) is 41.4 Å². The number of hydrogen-bond donors (Lipinski definition) is 1. The fraction of sp³-hybridized carbons (Fsp3) is 0.333. The highest BCUT2D eigenvalue weighted by Gasteiger charge is 2.05. The van der Waals surface area contributed by atoms with E-state index in [0.29, 0.717) is 10.8 Å². The highest BCUT2D eigenvalue weighted by atomic mass is 79.9. The lowest BCUT2D eigenvalue weighted by molar-refractivity contribution is -0.123. The van der Waals surface area contributed by atoms with E-state index in [2.05, 4.69) is 26.5 Å². The predicted octanol–water partition coefficient (Wildman–Crippen LogP) is 3.24. The van der Waals surface area contributed by atoms with Crippen LogP contribution >= 0.6 is 27.5 Å². The van der Waals surface area contributed by atoms with Crippen LogP contribution in [0.4, 0.5) is 0 Å². The summed E-state index contributed by atoms with van der Waals surface area (Å²) in [6.45, 7) is 3.80. The number of hydrazone groups is 1. The molecule has 1 rings (SSSR count). The van der Waals surface area contributed by atoms with Gasteiger partial charge in [0.15, 0.2) is 6.61 Å². The van der Waals surface area contributed by atoms with E-state index >= 15 is 0 Å². The first-order chi connectivity index (χ1) is 8.49. The highest BCUT2D eigenvalue weighted by Crippen LogP contribution is 2.27. The third kappa shape index (κ3) is 5.51. The fourth-order valence-corrected chi connectivity index (χ4v) is 1.75. The molecule has 4 nitrogen and oxygen atoms in total. The largest absolute Gasteiger partial charge is 0.482 e. The average molecular weight is 334 g/mol. The van der Waals surface area contributed by atoms with Gasteiger partial charge in [-0.2, -0.15) is 5.10 Å². The Balaban J connectivity index is 2.43. The highest BCUT2D eigenvalue weighted by molar-refractivity contribution is 9.10. The number of benzene rings is 1. The molecule has 0 saturated heterocycles. The zero-order valence-corrected chi connectivity index (χ0v) is 12.5. The lowest BCUT2D eigenvalue weighted by atomic mass is 10.3. The zero-order valence-electron chi connectivity index (χ0n) is 10.1. The van der Waals surface area contributed by atoms with E-state index in [4.69, 9.17) is 16.3 Å². The van der Waals surface area contributed by atoms with Crippen molar-refractivity contribution in [3.63, 3.8) is 0 Å². The first kappa shape index (κ1) is 15.0. The molecule has 1 aromatic rings. The molecule has 98 valence electrons. The van der Waals surface area contributed by atoms with Crippen LogP contribution in [0, 0.1) is 5.92 Å². The predicted molar refractivity (Wildman–Crippen MR) is 76.1 cm³/mol. The third-order valence-corrected chi connectivity index (χ3v) is 2.60. The molecule has 0 aromatic heterocycles. The minimum Gasteiger partial charge on any atom is -0.482 e. The third-order valence-electron chi connectivity index (χ3n) is 1.81. The van der Waals surface area contributed by atoms with Crippen LogP contribution in [0.2, 0.25) is 5.02 Å². The molecule has 1 N–H and O–H groups in total. The minimum atomic E-state index is -0.328. The summed E-state index contributed by atoms with van der Waals surface area (Å²) in [6.07, 6.45) is 1.64. The van der Waals surface area contributed by atoms with E-state index in [1.54, 1.807) is 24.4 Å². The first-order valence-corrected chi connectivity index (χ1v) is 6.56. The van der Waals surface area contributed by atoms with Crippen molar-refractivity contribution in [3.05, 3.63) is 27.7 Å². The van der Waals surface area contributed by atoms with Gasteiger partial charge in [0.2, 0.25) is 0 Å². The van der Waals surface area contributed by atoms with Crippen molar-refractivity contribution in [2.24, 2.45) is 11.0 Å². The van der Waals surface area contributed by atoms with Gasteiger partial charge in [0.25, 0.3) is 5.91 Å². The summed E-state index contributed by atoms with van der Waals surface area (Å²) in [5.41, 5.74) is 2.37. The van der Waals surface area contributed by atoms with Crippen molar-refractivity contribution in [2.45, 2.75) is 13.8 Å². The van der Waals surface area contributed by atoms with Crippen LogP contribution < -0.4 is 10.2 Å². The molecule has 0 radical (unpaired) electrons. The Hall–Kier alpha value is -1.07. The van der Waals surface area contributed by atoms with Crippen LogP contribution in [-0.2, 0) is 4.79 Å². The van der Waals surface area contributed by atoms with Crippen molar-refractivity contribution in [2.75, 3.05) is 6.61 Å². The lowest BCUT2D eigenvalue weighted by Gasteiger charge is -2.07. The number of rotatable bonds is 5. The zero-order chi connectivity index (χ0) is 13.5. The molecule has 18 heavy (non-hydrogen) atoms. The maximum Gasteiger partial charge on any atom is 0.277 e. The summed E-state index contributed by atoms with van der Waals surface area (Å²) in [4.78, 5) is 11.4. The maximum absolute atomic E-state index is 11.4. The quantitative estimate of drug-likeness (QED) is 0.664. The normalized spacial score (nSPS) is 10.9. The van der Waals surface area contributed by atoms with Crippen LogP contribution in [0.3, 0.4) is 0 Å². The van der Waals surface area contributed by atoms with E-state index < -0.39 is 0 Å². The van der Waals surface area contributed by atoms with Gasteiger partial charge in [0, 0.05) is 10.7 Å². The molecule has 0 aliphatic heterocycles. The topological polar surface area (TPSA) is 50.7 Å². The molecule has 0 saturated carbocycles. The van der Waals surface area contributed by atoms with Gasteiger partial charge in [0.05, 0.1) is 5.02 Å². The molecule has 1 amide bonds. The summed E-state index contributed by atoms with van der Waals surface area (Å²) in [7, 11) is 0. The minimum absolute atomic E-state index is 0.128. The van der Waals surface area contributed by atoms with Gasteiger partial charge < -0.3 is 4.74 Å². The van der Waals surface area contributed by atoms with Gasteiger partial charge in [0.1, 0.15) is 5.75 Å². The van der Waals surface area contributed by atoms with E-state index in [-0.39, 0.29) is 18.4 Å². The lowest BCUT2D eigenvalue weighted by Crippen LogP contribution is -2.24. The van der Waals surface area contributed by atoms with Crippen LogP contribution in [0.1, 0.15) is 13.8 Å². The number of halogens is 2. The second-order valence-electron chi connectivity index (χ2n) is 3.92. The molecular weight excluding hydrogens is 320 g/mol. The second-order valence-corrected chi connectivity index (χ2v) is 5.24. The van der Waals surface area contributed by atoms with Crippen molar-refractivity contribution in [1.82, 2.24) is 5.43 Å². The standard InChI is InChI=1S/C12H14BrClN2O2/c1-8(2)6-15-16-12(17)7-18-11-4-3-9(13)5-10(11)14/h3-6,8H,7H2,1-2H3,(H,16,17)/b15-6+. The van der Waals surface area contributed by atoms with Gasteiger partial charge >= 0.3 is 0 Å². The molecule has 0 bridgehead atoms. The Bertz CT molecular complexity index is 450. The Morgan fingerprint density at radius 2 is 2.33 bits per heavy atom. The van der Waals surface area contributed by atoms with Crippen molar-refractivity contribution < 1.29 is 9.53 Å². The summed E-state index contributed by atoms with van der Waals surface area (Å²) in [5, 5.41) is 4.22. The summed E-state index contributed by atoms with van der Waals surface area (Å²) >= 11 is 9.23. The number of carbonyl (C=O) groups is 1. The van der Waals surface area contributed by atoms with Crippen molar-refractivity contribution in [1.29, 1.82) is 0 Å². The molecule has 0 fully saturated rings. The van der Waals surface area contributed by atoms with Gasteiger partial charge in [-0.3, -0.25) is 4.79 Å². The number of carbonyl (C=O) groups excluding carboxylic acids is 1. The smallest absolute Gasteiger partial charge is 0.277 e. The number of nitrogens with zero attached hydrogens (tertiary/aromatic N) is 1. The number of ether oxygens (including phenoxy) is 1. The van der Waals surface area contributed by atoms with E-state index in [1.165, 1.54) is 0 Å². The van der Waals surface area contributed by atoms with E-state index in [9.17, 15) is 4.79 Å². The van der Waals surface area contributed by atoms with Gasteiger partial charge in [-0.05, 0) is 24.1 Å². The molecule has 1 aromatic carbocycles. The SMILES string of the molecule is CC(C)/C=N/NC(=O)COc1ccc(Br)cc1Cl. The van der Waals surface area contributed by atoms with Crippen LogP contribution in [0.25, 0.3) is 0 Å². The van der Waals surface area contributed by atoms with Crippen molar-refractivity contribution >= 4 is 39.7 Å². The van der Waals surface area contributed by atoms with Gasteiger partial charge in [-0.25, -0.2) is 5.43 Å². The Kier molecular flexibility index (Phi) is 6.15. The number of amides is 1. The molecule has 0 unspecified atom stereocenters. The monoisotopic (exact) mass is 332 g/mol. The Morgan fingerprint density at radius 3 is 2.94 bits per heavy atom. The maximum atomic E-state index is 11.4. The van der Waals surface area contributed by atoms with E-state index in [0.717, 1.165) is 4.47 Å². The number of nitrogens with one attached hydrogen (secondary N) is 1. The molecule has 0 spiro atoms. The Morgan fingerprint density at radius 1 is 1.61 bits per heavy atom. The molecule has 6 heteroatoms. The van der Waals surface area contributed by atoms with Crippen LogP contribution in [-0.4, -0.2) is 18.7 Å². The molecule has 0 heterocycles. The summed E-state index contributed by atoms with van der Waals surface area (Å²) < 4.78 is 6.13. The van der Waals surface area contributed by atoms with Gasteiger partial charge in [-0.15, -0.1) is 0 Å². The van der Waals surface area contributed by atoms with Crippen LogP contribution in [0.5, 0.6) is 5.75 Å². The molecular formula is C12H14BrClN2O2. The molecule has 0 atom stereocenters.